The summed E-state index contributed by atoms with van der Waals surface area (Å²) in [6.07, 6.45) is 5.20. The quantitative estimate of drug-likeness (QED) is 0.574. The van der Waals surface area contributed by atoms with Crippen molar-refractivity contribution in [2.75, 3.05) is 5.43 Å². The van der Waals surface area contributed by atoms with Crippen molar-refractivity contribution in [1.29, 1.82) is 0 Å². The lowest BCUT2D eigenvalue weighted by Crippen LogP contribution is -1.98. The average Bonchev–Trinajstić information content (AvgIpc) is 2.78. The highest BCUT2D eigenvalue weighted by atomic mass is 15.4. The summed E-state index contributed by atoms with van der Waals surface area (Å²) in [5.41, 5.74) is 5.90. The molecule has 5 nitrogen and oxygen atoms in total. The van der Waals surface area contributed by atoms with Crippen molar-refractivity contribution in [1.82, 2.24) is 14.5 Å². The van der Waals surface area contributed by atoms with Crippen molar-refractivity contribution < 1.29 is 0 Å². The largest absolute Gasteiger partial charge is 0.312 e. The van der Waals surface area contributed by atoms with Crippen LogP contribution >= 0.6 is 0 Å². The fraction of sp³-hybridized carbons (Fsp3) is 0.0714. The van der Waals surface area contributed by atoms with Gasteiger partial charge in [0, 0.05) is 25.0 Å². The standard InChI is InChI=1S/C14H13N5/c1-19-13-7-3-2-6-12(13)17-14(19)18-16-10-11-5-4-8-15-9-11/h2-10H,1H3,(H,17,18). The van der Waals surface area contributed by atoms with Gasteiger partial charge in [-0.1, -0.05) is 18.2 Å². The molecule has 3 rings (SSSR count). The van der Waals surface area contributed by atoms with Crippen LogP contribution < -0.4 is 5.43 Å². The van der Waals surface area contributed by atoms with E-state index >= 15 is 0 Å². The first-order chi connectivity index (χ1) is 9.34. The van der Waals surface area contributed by atoms with E-state index in [1.54, 1.807) is 18.6 Å². The fourth-order valence-electron chi connectivity index (χ4n) is 1.86. The molecular weight excluding hydrogens is 238 g/mol. The molecule has 3 aromatic rings. The predicted molar refractivity (Wildman–Crippen MR) is 76.2 cm³/mol. The molecule has 1 N–H and O–H groups in total. The van der Waals surface area contributed by atoms with Crippen LogP contribution in [0, 0.1) is 0 Å². The first kappa shape index (κ1) is 11.4. The Morgan fingerprint density at radius 1 is 1.21 bits per heavy atom. The Morgan fingerprint density at radius 2 is 2.11 bits per heavy atom. The number of hydrazone groups is 1. The Balaban J connectivity index is 1.82. The molecule has 2 aromatic heterocycles. The van der Waals surface area contributed by atoms with Crippen molar-refractivity contribution in [2.24, 2.45) is 12.1 Å². The van der Waals surface area contributed by atoms with E-state index in [1.165, 1.54) is 0 Å². The lowest BCUT2D eigenvalue weighted by molar-refractivity contribution is 0.943. The van der Waals surface area contributed by atoms with Crippen LogP contribution in [0.5, 0.6) is 0 Å². The van der Waals surface area contributed by atoms with E-state index in [0.717, 1.165) is 16.6 Å². The number of nitrogens with zero attached hydrogens (tertiary/aromatic N) is 4. The third-order valence-electron chi connectivity index (χ3n) is 2.85. The van der Waals surface area contributed by atoms with Crippen molar-refractivity contribution >= 4 is 23.2 Å². The summed E-state index contributed by atoms with van der Waals surface area (Å²) in [6, 6.07) is 11.8. The van der Waals surface area contributed by atoms with Gasteiger partial charge in [-0.15, -0.1) is 0 Å². The molecule has 1 aromatic carbocycles. The Hall–Kier alpha value is -2.69. The molecule has 0 atom stereocenters. The Kier molecular flexibility index (Phi) is 2.94. The zero-order chi connectivity index (χ0) is 13.1. The SMILES string of the molecule is Cn1c(NN=Cc2cccnc2)nc2ccccc21. The topological polar surface area (TPSA) is 55.1 Å². The predicted octanol–water partition coefficient (Wildman–Crippen LogP) is 2.41. The molecule has 2 heterocycles. The molecule has 5 heteroatoms. The van der Waals surface area contributed by atoms with Crippen LogP contribution in [0.1, 0.15) is 5.56 Å². The zero-order valence-corrected chi connectivity index (χ0v) is 10.5. The minimum atomic E-state index is 0.710. The van der Waals surface area contributed by atoms with Crippen LogP contribution in [0.4, 0.5) is 5.95 Å². The summed E-state index contributed by atoms with van der Waals surface area (Å²) in [5.74, 6) is 0.710. The molecule has 94 valence electrons. The Labute approximate surface area is 110 Å². The first-order valence-corrected chi connectivity index (χ1v) is 5.95. The monoisotopic (exact) mass is 251 g/mol. The highest BCUT2D eigenvalue weighted by Gasteiger charge is 2.04. The lowest BCUT2D eigenvalue weighted by Gasteiger charge is -2.00. The highest BCUT2D eigenvalue weighted by Crippen LogP contribution is 2.17. The number of nitrogens with one attached hydrogen (secondary N) is 1. The number of fused-ring (bicyclic) bond motifs is 1. The van der Waals surface area contributed by atoms with E-state index < -0.39 is 0 Å². The molecule has 0 fully saturated rings. The molecule has 0 spiro atoms. The van der Waals surface area contributed by atoms with E-state index in [9.17, 15) is 0 Å². The summed E-state index contributed by atoms with van der Waals surface area (Å²) in [4.78, 5) is 8.49. The molecule has 0 radical (unpaired) electrons. The molecular formula is C14H13N5. The van der Waals surface area contributed by atoms with Gasteiger partial charge >= 0.3 is 0 Å². The number of anilines is 1. The smallest absolute Gasteiger partial charge is 0.224 e. The van der Waals surface area contributed by atoms with Gasteiger partial charge in [0.15, 0.2) is 0 Å². The van der Waals surface area contributed by atoms with Crippen molar-refractivity contribution in [3.05, 3.63) is 54.4 Å². The number of aromatic nitrogens is 3. The number of rotatable bonds is 3. The minimum Gasteiger partial charge on any atom is -0.312 e. The maximum Gasteiger partial charge on any atom is 0.224 e. The second-order valence-corrected chi connectivity index (χ2v) is 4.14. The lowest BCUT2D eigenvalue weighted by atomic mass is 10.3. The Bertz CT molecular complexity index is 715. The number of hydrogen-bond acceptors (Lipinski definition) is 4. The number of benzene rings is 1. The van der Waals surface area contributed by atoms with Crippen LogP contribution in [0.2, 0.25) is 0 Å². The van der Waals surface area contributed by atoms with Crippen molar-refractivity contribution in [3.63, 3.8) is 0 Å². The molecule has 0 aliphatic rings. The third kappa shape index (κ3) is 2.30. The van der Waals surface area contributed by atoms with Crippen LogP contribution in [0.25, 0.3) is 11.0 Å². The third-order valence-corrected chi connectivity index (χ3v) is 2.85. The van der Waals surface area contributed by atoms with E-state index in [2.05, 4.69) is 20.5 Å². The summed E-state index contributed by atoms with van der Waals surface area (Å²) in [5, 5.41) is 4.17. The summed E-state index contributed by atoms with van der Waals surface area (Å²) in [6.45, 7) is 0. The number of imidazole rings is 1. The number of aryl methyl sites for hydroxylation is 1. The molecule has 0 saturated heterocycles. The molecule has 0 aliphatic carbocycles. The van der Waals surface area contributed by atoms with Crippen LogP contribution in [0.15, 0.2) is 53.9 Å². The summed E-state index contributed by atoms with van der Waals surface area (Å²) in [7, 11) is 1.96. The van der Waals surface area contributed by atoms with Gasteiger partial charge < -0.3 is 4.57 Å². The van der Waals surface area contributed by atoms with Gasteiger partial charge in [0.1, 0.15) is 0 Å². The van der Waals surface area contributed by atoms with Gasteiger partial charge in [-0.25, -0.2) is 10.4 Å². The number of pyridine rings is 1. The van der Waals surface area contributed by atoms with Crippen LogP contribution in [-0.2, 0) is 7.05 Å². The summed E-state index contributed by atoms with van der Waals surface area (Å²) >= 11 is 0. The van der Waals surface area contributed by atoms with Crippen LogP contribution in [0.3, 0.4) is 0 Å². The first-order valence-electron chi connectivity index (χ1n) is 5.95. The van der Waals surface area contributed by atoms with Crippen molar-refractivity contribution in [3.8, 4) is 0 Å². The van der Waals surface area contributed by atoms with Gasteiger partial charge in [-0.2, -0.15) is 5.10 Å². The average molecular weight is 251 g/mol. The highest BCUT2D eigenvalue weighted by molar-refractivity contribution is 5.81. The maximum atomic E-state index is 4.47. The fourth-order valence-corrected chi connectivity index (χ4v) is 1.86. The molecule has 19 heavy (non-hydrogen) atoms. The van der Waals surface area contributed by atoms with E-state index in [1.807, 2.05) is 48.0 Å². The molecule has 0 bridgehead atoms. The van der Waals surface area contributed by atoms with E-state index in [4.69, 9.17) is 0 Å². The normalized spacial score (nSPS) is 11.2. The minimum absolute atomic E-state index is 0.710. The second kappa shape index (κ2) is 4.89. The van der Waals surface area contributed by atoms with Gasteiger partial charge in [-0.05, 0) is 18.2 Å². The van der Waals surface area contributed by atoms with E-state index in [0.29, 0.717) is 5.95 Å². The molecule has 0 saturated carbocycles. The molecule has 0 aliphatic heterocycles. The molecule has 0 amide bonds. The van der Waals surface area contributed by atoms with Crippen LogP contribution in [-0.4, -0.2) is 20.7 Å². The summed E-state index contributed by atoms with van der Waals surface area (Å²) < 4.78 is 1.97. The Morgan fingerprint density at radius 3 is 2.89 bits per heavy atom. The number of hydrogen-bond donors (Lipinski definition) is 1. The second-order valence-electron chi connectivity index (χ2n) is 4.14. The molecule has 0 unspecified atom stereocenters. The van der Waals surface area contributed by atoms with Gasteiger partial charge in [0.2, 0.25) is 5.95 Å². The number of para-hydroxylation sites is 2. The van der Waals surface area contributed by atoms with Gasteiger partial charge in [-0.3, -0.25) is 4.98 Å². The van der Waals surface area contributed by atoms with Gasteiger partial charge in [0.05, 0.1) is 17.2 Å². The van der Waals surface area contributed by atoms with Crippen molar-refractivity contribution in [2.45, 2.75) is 0 Å². The maximum absolute atomic E-state index is 4.47. The zero-order valence-electron chi connectivity index (χ0n) is 10.5. The van der Waals surface area contributed by atoms with E-state index in [-0.39, 0.29) is 0 Å². The van der Waals surface area contributed by atoms with Gasteiger partial charge in [0.25, 0.3) is 0 Å².